The van der Waals surface area contributed by atoms with E-state index >= 15 is 0 Å². The van der Waals surface area contributed by atoms with E-state index in [2.05, 4.69) is 33.8 Å². The minimum absolute atomic E-state index is 0.0182. The molecule has 2 N–H and O–H groups in total. The van der Waals surface area contributed by atoms with E-state index in [4.69, 9.17) is 0 Å². The third kappa shape index (κ3) is 3.08. The third-order valence-corrected chi connectivity index (χ3v) is 8.07. The first-order chi connectivity index (χ1) is 18.0. The summed E-state index contributed by atoms with van der Waals surface area (Å²) in [5, 5.41) is 16.1. The van der Waals surface area contributed by atoms with Crippen LogP contribution >= 0.6 is 0 Å². The highest BCUT2D eigenvalue weighted by atomic mass is 16.2. The van der Waals surface area contributed by atoms with Crippen LogP contribution in [0, 0.1) is 17.2 Å². The van der Waals surface area contributed by atoms with E-state index < -0.39 is 11.9 Å². The Morgan fingerprint density at radius 2 is 2.11 bits per heavy atom. The van der Waals surface area contributed by atoms with E-state index in [1.165, 1.54) is 15.4 Å². The SMILES string of the molecule is N#Cc1ccc(C2CCC3CC=CC=C3C2NC(=O)N2C=C3CC2=C2C(=O)NC(=O)N32)c2cccnc12. The third-order valence-electron chi connectivity index (χ3n) is 8.07. The van der Waals surface area contributed by atoms with Gasteiger partial charge < -0.3 is 5.32 Å². The number of imide groups is 1. The number of carbonyl (C=O) groups excluding carboxylic acids is 3. The standard InChI is InChI=1S/C28H22N6O3/c29-13-16-8-9-19(20-6-3-11-30-23(16)20)21-10-7-15-4-1-2-5-18(15)24(21)31-27(36)33-14-17-12-22(33)25-26(35)32-28(37)34(17)25/h1-3,5-6,8-9,11,14-15,21,24H,4,7,10,12H2,(H,31,36)(H,32,35,37). The van der Waals surface area contributed by atoms with Gasteiger partial charge in [0.2, 0.25) is 0 Å². The van der Waals surface area contributed by atoms with Gasteiger partial charge in [-0.1, -0.05) is 30.4 Å². The second-order valence-electron chi connectivity index (χ2n) is 9.91. The van der Waals surface area contributed by atoms with Crippen molar-refractivity contribution in [1.82, 2.24) is 25.4 Å². The molecule has 4 heterocycles. The van der Waals surface area contributed by atoms with Crippen molar-refractivity contribution in [3.8, 4) is 6.07 Å². The zero-order valence-electron chi connectivity index (χ0n) is 19.8. The van der Waals surface area contributed by atoms with E-state index in [0.717, 1.165) is 30.2 Å². The van der Waals surface area contributed by atoms with Crippen LogP contribution in [0.3, 0.4) is 0 Å². The molecular weight excluding hydrogens is 468 g/mol. The average molecular weight is 491 g/mol. The summed E-state index contributed by atoms with van der Waals surface area (Å²) in [6, 6.07) is 8.82. The van der Waals surface area contributed by atoms with Gasteiger partial charge in [0.05, 0.1) is 28.5 Å². The van der Waals surface area contributed by atoms with Crippen LogP contribution in [0.2, 0.25) is 0 Å². The molecule has 3 unspecified atom stereocenters. The van der Waals surface area contributed by atoms with Crippen LogP contribution in [0.15, 0.2) is 77.6 Å². The van der Waals surface area contributed by atoms with Gasteiger partial charge in [0, 0.05) is 30.1 Å². The second-order valence-corrected chi connectivity index (χ2v) is 9.91. The number of aromatic nitrogens is 1. The highest BCUT2D eigenvalue weighted by Gasteiger charge is 2.49. The predicted molar refractivity (Wildman–Crippen MR) is 133 cm³/mol. The fourth-order valence-corrected chi connectivity index (χ4v) is 6.44. The van der Waals surface area contributed by atoms with Gasteiger partial charge >= 0.3 is 12.1 Å². The maximum atomic E-state index is 13.7. The number of pyridine rings is 1. The minimum atomic E-state index is -0.479. The number of nitrogens with one attached hydrogen (secondary N) is 2. The Morgan fingerprint density at radius 3 is 2.97 bits per heavy atom. The Labute approximate surface area is 212 Å². The molecule has 0 radical (unpaired) electrons. The smallest absolute Gasteiger partial charge is 0.330 e. The van der Waals surface area contributed by atoms with Crippen LogP contribution in [-0.2, 0) is 4.79 Å². The average Bonchev–Trinajstić information content (AvgIpc) is 3.60. The van der Waals surface area contributed by atoms with Crippen molar-refractivity contribution in [1.29, 1.82) is 5.26 Å². The molecule has 1 saturated heterocycles. The maximum Gasteiger partial charge on any atom is 0.333 e. The van der Waals surface area contributed by atoms with Gasteiger partial charge in [-0.3, -0.25) is 24.9 Å². The Bertz CT molecular complexity index is 1590. The van der Waals surface area contributed by atoms with Crippen molar-refractivity contribution in [2.45, 2.75) is 37.6 Å². The van der Waals surface area contributed by atoms with E-state index in [1.54, 1.807) is 12.4 Å². The summed E-state index contributed by atoms with van der Waals surface area (Å²) in [5.74, 6) is -0.151. The molecular formula is C28H22N6O3. The Balaban J connectivity index is 1.27. The molecule has 3 atom stereocenters. The van der Waals surface area contributed by atoms with Crippen LogP contribution in [0.1, 0.15) is 42.7 Å². The summed E-state index contributed by atoms with van der Waals surface area (Å²) in [4.78, 5) is 45.5. The quantitative estimate of drug-likeness (QED) is 0.619. The first-order valence-corrected chi connectivity index (χ1v) is 12.4. The number of fused-ring (bicyclic) bond motifs is 6. The molecule has 2 fully saturated rings. The number of rotatable bonds is 2. The van der Waals surface area contributed by atoms with E-state index in [0.29, 0.717) is 34.8 Å². The Hall–Kier alpha value is -4.71. The number of allylic oxidation sites excluding steroid dienone is 3. The normalized spacial score (nSPS) is 25.5. The first kappa shape index (κ1) is 21.6. The second kappa shape index (κ2) is 7.90. The van der Waals surface area contributed by atoms with Gasteiger partial charge in [0.15, 0.2) is 0 Å². The molecule has 1 aromatic heterocycles. The van der Waals surface area contributed by atoms with Crippen molar-refractivity contribution < 1.29 is 14.4 Å². The van der Waals surface area contributed by atoms with Crippen LogP contribution in [-0.4, -0.2) is 38.8 Å². The fraction of sp³-hybridized carbons (Fsp3) is 0.250. The highest BCUT2D eigenvalue weighted by molar-refractivity contribution is 6.14. The molecule has 5 amide bonds. The lowest BCUT2D eigenvalue weighted by atomic mass is 9.69. The van der Waals surface area contributed by atoms with Gasteiger partial charge in [-0.15, -0.1) is 0 Å². The summed E-state index contributed by atoms with van der Waals surface area (Å²) in [7, 11) is 0. The number of urea groups is 2. The summed E-state index contributed by atoms with van der Waals surface area (Å²) in [5.41, 5.74) is 4.79. The van der Waals surface area contributed by atoms with Crippen LogP contribution in [0.25, 0.3) is 10.9 Å². The molecule has 2 bridgehead atoms. The number of carbonyl (C=O) groups is 3. The zero-order valence-corrected chi connectivity index (χ0v) is 19.8. The van der Waals surface area contributed by atoms with Crippen molar-refractivity contribution in [3.63, 3.8) is 0 Å². The van der Waals surface area contributed by atoms with Crippen molar-refractivity contribution in [2.75, 3.05) is 0 Å². The predicted octanol–water partition coefficient (Wildman–Crippen LogP) is 3.89. The molecule has 182 valence electrons. The molecule has 37 heavy (non-hydrogen) atoms. The number of hydrogen-bond donors (Lipinski definition) is 2. The van der Waals surface area contributed by atoms with Gasteiger partial charge in [-0.25, -0.2) is 9.59 Å². The number of benzene rings is 1. The molecule has 2 aliphatic carbocycles. The van der Waals surface area contributed by atoms with Crippen molar-refractivity contribution in [3.05, 3.63) is 88.7 Å². The molecule has 9 heteroatoms. The largest absolute Gasteiger partial charge is 0.333 e. The molecule has 9 nitrogen and oxygen atoms in total. The molecule has 0 spiro atoms. The summed E-state index contributed by atoms with van der Waals surface area (Å²) < 4.78 is 0. The topological polar surface area (TPSA) is 118 Å². The van der Waals surface area contributed by atoms with Gasteiger partial charge in [0.25, 0.3) is 5.91 Å². The highest BCUT2D eigenvalue weighted by Crippen LogP contribution is 2.46. The molecule has 1 saturated carbocycles. The minimum Gasteiger partial charge on any atom is -0.330 e. The molecule has 1 aromatic carbocycles. The Kier molecular flexibility index (Phi) is 4.60. The lowest BCUT2D eigenvalue weighted by molar-refractivity contribution is -0.116. The van der Waals surface area contributed by atoms with Crippen molar-refractivity contribution >= 4 is 28.9 Å². The van der Waals surface area contributed by atoms with E-state index in [1.807, 2.05) is 30.3 Å². The number of hydrogen-bond acceptors (Lipinski definition) is 5. The number of amides is 5. The van der Waals surface area contributed by atoms with Crippen LogP contribution < -0.4 is 10.6 Å². The van der Waals surface area contributed by atoms with Gasteiger partial charge in [-0.2, -0.15) is 5.26 Å². The fourth-order valence-electron chi connectivity index (χ4n) is 6.44. The van der Waals surface area contributed by atoms with E-state index in [9.17, 15) is 19.6 Å². The van der Waals surface area contributed by atoms with Gasteiger partial charge in [0.1, 0.15) is 11.8 Å². The van der Waals surface area contributed by atoms with Crippen LogP contribution in [0.5, 0.6) is 0 Å². The number of nitrogens with zero attached hydrogens (tertiary/aromatic N) is 4. The first-order valence-electron chi connectivity index (χ1n) is 12.4. The zero-order chi connectivity index (χ0) is 25.3. The number of nitriles is 1. The monoisotopic (exact) mass is 490 g/mol. The molecule has 5 aliphatic rings. The molecule has 3 aliphatic heterocycles. The molecule has 2 aromatic rings. The maximum absolute atomic E-state index is 13.7. The summed E-state index contributed by atoms with van der Waals surface area (Å²) in [6.45, 7) is 0. The summed E-state index contributed by atoms with van der Waals surface area (Å²) >= 11 is 0. The Morgan fingerprint density at radius 1 is 1.22 bits per heavy atom. The van der Waals surface area contributed by atoms with Gasteiger partial charge in [-0.05, 0) is 48.4 Å². The van der Waals surface area contributed by atoms with Crippen LogP contribution in [0.4, 0.5) is 9.59 Å². The van der Waals surface area contributed by atoms with Crippen molar-refractivity contribution in [2.24, 2.45) is 5.92 Å². The molecule has 7 rings (SSSR count). The summed E-state index contributed by atoms with van der Waals surface area (Å²) in [6.07, 6.45) is 12.8. The lowest BCUT2D eigenvalue weighted by Crippen LogP contribution is -2.49. The lowest BCUT2D eigenvalue weighted by Gasteiger charge is -2.41. The van der Waals surface area contributed by atoms with E-state index in [-0.39, 0.29) is 23.7 Å².